The molecule has 0 saturated carbocycles. The van der Waals surface area contributed by atoms with Crippen LogP contribution in [0.2, 0.25) is 5.02 Å². The van der Waals surface area contributed by atoms with Crippen molar-refractivity contribution in [2.75, 3.05) is 23.4 Å². The van der Waals surface area contributed by atoms with Gasteiger partial charge in [0, 0.05) is 17.6 Å². The van der Waals surface area contributed by atoms with Crippen molar-refractivity contribution in [3.8, 4) is 0 Å². The van der Waals surface area contributed by atoms with Crippen molar-refractivity contribution >= 4 is 40.8 Å². The van der Waals surface area contributed by atoms with E-state index in [2.05, 4.69) is 5.32 Å². The van der Waals surface area contributed by atoms with Crippen molar-refractivity contribution in [1.29, 1.82) is 0 Å². The summed E-state index contributed by atoms with van der Waals surface area (Å²) in [5, 5.41) is 3.28. The summed E-state index contributed by atoms with van der Waals surface area (Å²) >= 11 is 6.07. The van der Waals surface area contributed by atoms with Crippen LogP contribution in [-0.4, -0.2) is 30.9 Å². The van der Waals surface area contributed by atoms with Crippen molar-refractivity contribution < 1.29 is 19.1 Å². The van der Waals surface area contributed by atoms with Crippen LogP contribution in [0.4, 0.5) is 11.4 Å². The predicted octanol–water partition coefficient (Wildman–Crippen LogP) is 3.82. The highest BCUT2D eigenvalue weighted by Gasteiger charge is 2.22. The lowest BCUT2D eigenvalue weighted by atomic mass is 10.1. The highest BCUT2D eigenvalue weighted by Crippen LogP contribution is 2.24. The molecule has 6 nitrogen and oxygen atoms in total. The molecule has 0 heterocycles. The third kappa shape index (κ3) is 5.08. The molecule has 1 N–H and O–H groups in total. The van der Waals surface area contributed by atoms with E-state index in [0.717, 1.165) is 5.56 Å². The Balaban J connectivity index is 2.26. The molecule has 2 rings (SSSR count). The number of hydrogen-bond acceptors (Lipinski definition) is 4. The van der Waals surface area contributed by atoms with Crippen molar-refractivity contribution in [1.82, 2.24) is 0 Å². The molecule has 0 bridgehead atoms. The zero-order chi connectivity index (χ0) is 20.0. The van der Waals surface area contributed by atoms with Crippen LogP contribution in [0.3, 0.4) is 0 Å². The average Bonchev–Trinajstić information content (AvgIpc) is 2.63. The fraction of sp³-hybridized carbons (Fsp3) is 0.250. The van der Waals surface area contributed by atoms with Crippen LogP contribution in [-0.2, 0) is 14.3 Å². The second kappa shape index (κ2) is 9.19. The highest BCUT2D eigenvalue weighted by atomic mass is 35.5. The van der Waals surface area contributed by atoms with Gasteiger partial charge < -0.3 is 15.0 Å². The molecule has 2 aromatic carbocycles. The molecular formula is C20H21ClN2O4. The summed E-state index contributed by atoms with van der Waals surface area (Å²) in [6.45, 7) is 4.78. The van der Waals surface area contributed by atoms with Crippen molar-refractivity contribution in [2.24, 2.45) is 0 Å². The van der Waals surface area contributed by atoms with E-state index in [1.165, 1.54) is 11.8 Å². The molecule has 0 spiro atoms. The highest BCUT2D eigenvalue weighted by molar-refractivity contribution is 6.31. The summed E-state index contributed by atoms with van der Waals surface area (Å²) in [6.07, 6.45) is 0. The third-order valence-electron chi connectivity index (χ3n) is 3.91. The number of ether oxygens (including phenoxy) is 1. The topological polar surface area (TPSA) is 75.7 Å². The molecule has 0 radical (unpaired) electrons. The van der Waals surface area contributed by atoms with E-state index in [-0.39, 0.29) is 24.6 Å². The molecule has 0 aromatic heterocycles. The molecule has 27 heavy (non-hydrogen) atoms. The molecule has 0 fully saturated rings. The lowest BCUT2D eigenvalue weighted by Gasteiger charge is -2.23. The Morgan fingerprint density at radius 2 is 1.81 bits per heavy atom. The van der Waals surface area contributed by atoms with Gasteiger partial charge in [-0.3, -0.25) is 9.59 Å². The van der Waals surface area contributed by atoms with Gasteiger partial charge in [-0.2, -0.15) is 0 Å². The number of carbonyl (C=O) groups is 3. The van der Waals surface area contributed by atoms with Crippen LogP contribution in [0.25, 0.3) is 0 Å². The first kappa shape index (κ1) is 20.5. The summed E-state index contributed by atoms with van der Waals surface area (Å²) in [7, 11) is 0. The van der Waals surface area contributed by atoms with E-state index >= 15 is 0 Å². The van der Waals surface area contributed by atoms with Gasteiger partial charge in [-0.15, -0.1) is 0 Å². The van der Waals surface area contributed by atoms with Gasteiger partial charge in [-0.1, -0.05) is 29.8 Å². The summed E-state index contributed by atoms with van der Waals surface area (Å²) in [6, 6.07) is 11.7. The van der Waals surface area contributed by atoms with E-state index in [1.807, 2.05) is 0 Å². The molecule has 0 aliphatic rings. The van der Waals surface area contributed by atoms with Crippen LogP contribution in [0.15, 0.2) is 42.5 Å². The molecule has 142 valence electrons. The first-order valence-electron chi connectivity index (χ1n) is 8.44. The fourth-order valence-corrected chi connectivity index (χ4v) is 2.71. The molecule has 2 aromatic rings. The van der Waals surface area contributed by atoms with Crippen LogP contribution < -0.4 is 10.2 Å². The second-order valence-electron chi connectivity index (χ2n) is 5.80. The van der Waals surface area contributed by atoms with E-state index in [9.17, 15) is 14.4 Å². The number of rotatable bonds is 6. The number of anilines is 2. The van der Waals surface area contributed by atoms with Crippen molar-refractivity contribution in [3.05, 3.63) is 58.6 Å². The van der Waals surface area contributed by atoms with Crippen LogP contribution >= 0.6 is 11.6 Å². The minimum atomic E-state index is -0.551. The third-order valence-corrected chi connectivity index (χ3v) is 4.32. The number of benzene rings is 2. The minimum Gasteiger partial charge on any atom is -0.462 e. The molecular weight excluding hydrogens is 368 g/mol. The number of para-hydroxylation sites is 1. The number of nitrogens with zero attached hydrogens (tertiary/aromatic N) is 1. The molecule has 0 saturated heterocycles. The molecule has 0 unspecified atom stereocenters. The predicted molar refractivity (Wildman–Crippen MR) is 105 cm³/mol. The van der Waals surface area contributed by atoms with Gasteiger partial charge in [0.25, 0.3) is 0 Å². The quantitative estimate of drug-likeness (QED) is 0.763. The van der Waals surface area contributed by atoms with E-state index in [1.54, 1.807) is 56.3 Å². The Morgan fingerprint density at radius 1 is 1.11 bits per heavy atom. The van der Waals surface area contributed by atoms with Crippen LogP contribution in [0, 0.1) is 6.92 Å². The fourth-order valence-electron chi connectivity index (χ4n) is 2.53. The average molecular weight is 389 g/mol. The normalized spacial score (nSPS) is 10.2. The number of halogens is 1. The number of amides is 2. The van der Waals surface area contributed by atoms with E-state index in [4.69, 9.17) is 16.3 Å². The lowest BCUT2D eigenvalue weighted by Crippen LogP contribution is -2.37. The first-order chi connectivity index (χ1) is 12.8. The smallest absolute Gasteiger partial charge is 0.340 e. The molecule has 7 heteroatoms. The second-order valence-corrected chi connectivity index (χ2v) is 6.21. The molecule has 0 atom stereocenters. The summed E-state index contributed by atoms with van der Waals surface area (Å²) in [4.78, 5) is 38.1. The Kier molecular flexibility index (Phi) is 6.96. The monoisotopic (exact) mass is 388 g/mol. The Hall–Kier alpha value is -2.86. The van der Waals surface area contributed by atoms with Crippen LogP contribution in [0.1, 0.15) is 29.8 Å². The van der Waals surface area contributed by atoms with Gasteiger partial charge in [0.2, 0.25) is 11.8 Å². The molecule has 0 aliphatic heterocycles. The zero-order valence-corrected chi connectivity index (χ0v) is 16.2. The number of esters is 1. The first-order valence-corrected chi connectivity index (χ1v) is 8.82. The molecule has 0 aliphatic carbocycles. The van der Waals surface area contributed by atoms with Gasteiger partial charge in [0.05, 0.1) is 17.9 Å². The summed E-state index contributed by atoms with van der Waals surface area (Å²) in [5.74, 6) is -1.33. The largest absolute Gasteiger partial charge is 0.462 e. The van der Waals surface area contributed by atoms with Gasteiger partial charge >= 0.3 is 5.97 Å². The van der Waals surface area contributed by atoms with Gasteiger partial charge in [0.15, 0.2) is 0 Å². The van der Waals surface area contributed by atoms with Crippen LogP contribution in [0.5, 0.6) is 0 Å². The number of nitrogens with one attached hydrogen (secondary N) is 1. The minimum absolute atomic E-state index is 0.210. The van der Waals surface area contributed by atoms with E-state index < -0.39 is 11.9 Å². The van der Waals surface area contributed by atoms with Gasteiger partial charge in [-0.25, -0.2) is 4.79 Å². The summed E-state index contributed by atoms with van der Waals surface area (Å²) in [5.41, 5.74) is 1.84. The SMILES string of the molecule is CCOC(=O)c1ccccc1N(CC(=O)Nc1cccc(Cl)c1C)C(C)=O. The van der Waals surface area contributed by atoms with Crippen molar-refractivity contribution in [3.63, 3.8) is 0 Å². The Labute approximate surface area is 163 Å². The standard InChI is InChI=1S/C20H21ClN2O4/c1-4-27-20(26)15-8-5-6-11-18(15)23(14(3)24)12-19(25)22-17-10-7-9-16(21)13(17)2/h5-11H,4,12H2,1-3H3,(H,22,25). The zero-order valence-electron chi connectivity index (χ0n) is 15.4. The number of hydrogen-bond donors (Lipinski definition) is 1. The summed E-state index contributed by atoms with van der Waals surface area (Å²) < 4.78 is 5.04. The Morgan fingerprint density at radius 3 is 2.48 bits per heavy atom. The maximum atomic E-state index is 12.5. The maximum absolute atomic E-state index is 12.5. The van der Waals surface area contributed by atoms with Gasteiger partial charge in [0.1, 0.15) is 6.54 Å². The van der Waals surface area contributed by atoms with Crippen molar-refractivity contribution in [2.45, 2.75) is 20.8 Å². The Bertz CT molecular complexity index is 867. The molecule has 2 amide bonds. The van der Waals surface area contributed by atoms with E-state index in [0.29, 0.717) is 16.4 Å². The number of carbonyl (C=O) groups excluding carboxylic acids is 3. The van der Waals surface area contributed by atoms with Gasteiger partial charge in [-0.05, 0) is 43.7 Å². The lowest BCUT2D eigenvalue weighted by molar-refractivity contribution is -0.120. The maximum Gasteiger partial charge on any atom is 0.340 e.